The van der Waals surface area contributed by atoms with Gasteiger partial charge < -0.3 is 24.4 Å². The molecule has 0 fully saturated rings. The van der Waals surface area contributed by atoms with E-state index in [0.29, 0.717) is 25.1 Å². The van der Waals surface area contributed by atoms with Crippen molar-refractivity contribution in [1.29, 1.82) is 0 Å². The van der Waals surface area contributed by atoms with Crippen LogP contribution in [0.2, 0.25) is 0 Å². The summed E-state index contributed by atoms with van der Waals surface area (Å²) < 4.78 is 11.4. The lowest BCUT2D eigenvalue weighted by molar-refractivity contribution is -0.131. The van der Waals surface area contributed by atoms with Crippen LogP contribution in [0.25, 0.3) is 0 Å². The number of fused-ring (bicyclic) bond motifs is 1. The van der Waals surface area contributed by atoms with Crippen molar-refractivity contribution >= 4 is 11.8 Å². The van der Waals surface area contributed by atoms with Crippen LogP contribution in [0.5, 0.6) is 11.6 Å². The topological polar surface area (TPSA) is 92.2 Å². The molecule has 0 saturated heterocycles. The molecule has 1 aliphatic heterocycles. The van der Waals surface area contributed by atoms with E-state index in [4.69, 9.17) is 9.47 Å². The Kier molecular flexibility index (Phi) is 8.72. The monoisotopic (exact) mass is 479 g/mol. The number of hydrogen-bond donors (Lipinski definition) is 1. The van der Waals surface area contributed by atoms with E-state index >= 15 is 0 Å². The summed E-state index contributed by atoms with van der Waals surface area (Å²) in [7, 11) is 3.35. The second-order valence-corrected chi connectivity index (χ2v) is 8.81. The van der Waals surface area contributed by atoms with Crippen molar-refractivity contribution in [3.63, 3.8) is 0 Å². The van der Waals surface area contributed by atoms with Crippen LogP contribution in [0, 0.1) is 17.8 Å². The Bertz CT molecular complexity index is 1110. The second kappa shape index (κ2) is 11.7. The lowest BCUT2D eigenvalue weighted by Crippen LogP contribution is -2.50. The van der Waals surface area contributed by atoms with Gasteiger partial charge in [0.1, 0.15) is 17.4 Å². The van der Waals surface area contributed by atoms with Gasteiger partial charge in [0.15, 0.2) is 0 Å². The molecule has 0 saturated carbocycles. The smallest absolute Gasteiger partial charge is 0.259 e. The molecular formula is C27H33N3O5. The maximum absolute atomic E-state index is 13.5. The van der Waals surface area contributed by atoms with Gasteiger partial charge in [0.25, 0.3) is 5.91 Å². The Balaban J connectivity index is 1.97. The highest BCUT2D eigenvalue weighted by molar-refractivity contribution is 5.97. The zero-order valence-electron chi connectivity index (χ0n) is 20.9. The first-order valence-corrected chi connectivity index (χ1v) is 11.8. The third-order valence-corrected chi connectivity index (χ3v) is 6.14. The minimum atomic E-state index is -0.388. The van der Waals surface area contributed by atoms with Gasteiger partial charge in [-0.3, -0.25) is 9.59 Å². The van der Waals surface area contributed by atoms with Crippen molar-refractivity contribution in [3.05, 3.63) is 53.2 Å². The number of carbonyl (C=O) groups excluding carboxylic acids is 2. The number of aliphatic hydroxyl groups is 1. The fraction of sp³-hybridized carbons (Fsp3) is 0.444. The molecule has 0 bridgehead atoms. The Morgan fingerprint density at radius 1 is 1.31 bits per heavy atom. The Morgan fingerprint density at radius 3 is 2.63 bits per heavy atom. The number of ether oxygens (including phenoxy) is 2. The van der Waals surface area contributed by atoms with E-state index in [-0.39, 0.29) is 47.9 Å². The molecule has 186 valence electrons. The van der Waals surface area contributed by atoms with Gasteiger partial charge in [-0.1, -0.05) is 25.7 Å². The molecule has 3 atom stereocenters. The van der Waals surface area contributed by atoms with Crippen LogP contribution < -0.4 is 9.47 Å². The second-order valence-electron chi connectivity index (χ2n) is 8.81. The molecule has 8 heteroatoms. The molecule has 3 rings (SSSR count). The lowest BCUT2D eigenvalue weighted by Gasteiger charge is -2.37. The van der Waals surface area contributed by atoms with Gasteiger partial charge >= 0.3 is 0 Å². The highest BCUT2D eigenvalue weighted by atomic mass is 16.5. The Labute approximate surface area is 206 Å². The van der Waals surface area contributed by atoms with Crippen LogP contribution in [0.1, 0.15) is 48.7 Å². The predicted octanol–water partition coefficient (Wildman–Crippen LogP) is 2.58. The largest absolute Gasteiger partial charge is 0.497 e. The first-order chi connectivity index (χ1) is 16.8. The number of likely N-dealkylation sites (N-methyl/N-ethyl adjacent to an activating group) is 1. The SMILES string of the molecule is CCC(=O)N(C)C[C@H]1Oc2ncc(C#Cc3ccc(OC)cc3)cc2C(=O)N([C@H](C)CO)C[C@@H]1C. The molecule has 1 N–H and O–H groups in total. The van der Waals surface area contributed by atoms with Crippen LogP contribution >= 0.6 is 0 Å². The molecule has 1 aromatic heterocycles. The molecule has 0 aliphatic carbocycles. The van der Waals surface area contributed by atoms with Crippen molar-refractivity contribution in [1.82, 2.24) is 14.8 Å². The van der Waals surface area contributed by atoms with E-state index in [1.807, 2.05) is 38.1 Å². The van der Waals surface area contributed by atoms with E-state index in [1.54, 1.807) is 43.1 Å². The highest BCUT2D eigenvalue weighted by Gasteiger charge is 2.34. The van der Waals surface area contributed by atoms with E-state index in [9.17, 15) is 14.7 Å². The molecule has 1 aromatic carbocycles. The first kappa shape index (κ1) is 26.0. The summed E-state index contributed by atoms with van der Waals surface area (Å²) in [6.45, 7) is 6.16. The van der Waals surface area contributed by atoms with Crippen molar-refractivity contribution in [3.8, 4) is 23.5 Å². The van der Waals surface area contributed by atoms with E-state index < -0.39 is 0 Å². The Morgan fingerprint density at radius 2 is 2.00 bits per heavy atom. The molecule has 2 heterocycles. The molecule has 35 heavy (non-hydrogen) atoms. The average molecular weight is 480 g/mol. The van der Waals surface area contributed by atoms with Crippen LogP contribution in [-0.4, -0.2) is 77.7 Å². The normalized spacial score (nSPS) is 18.2. The molecule has 2 aromatic rings. The summed E-state index contributed by atoms with van der Waals surface area (Å²) >= 11 is 0. The standard InChI is InChI=1S/C27H33N3O5/c1-6-25(32)29(4)16-24-18(2)15-30(19(3)17-31)27(33)23-13-21(14-28-26(23)35-24)8-7-20-9-11-22(34-5)12-10-20/h9-14,18-19,24,31H,6,15-17H2,1-5H3/t18-,19+,24+/m0/s1. The minimum Gasteiger partial charge on any atom is -0.497 e. The molecule has 0 unspecified atom stereocenters. The number of hydrogen-bond acceptors (Lipinski definition) is 6. The zero-order chi connectivity index (χ0) is 25.5. The highest BCUT2D eigenvalue weighted by Crippen LogP contribution is 2.27. The van der Waals surface area contributed by atoms with E-state index in [1.165, 1.54) is 0 Å². The summed E-state index contributed by atoms with van der Waals surface area (Å²) in [6.07, 6.45) is 1.60. The van der Waals surface area contributed by atoms with Crippen LogP contribution in [0.4, 0.5) is 0 Å². The summed E-state index contributed by atoms with van der Waals surface area (Å²) in [5, 5.41) is 9.79. The van der Waals surface area contributed by atoms with Gasteiger partial charge in [-0.05, 0) is 37.3 Å². The Hall–Kier alpha value is -3.57. The fourth-order valence-electron chi connectivity index (χ4n) is 3.85. The van der Waals surface area contributed by atoms with Gasteiger partial charge in [-0.2, -0.15) is 0 Å². The third kappa shape index (κ3) is 6.31. The number of methoxy groups -OCH3 is 1. The molecule has 1 aliphatic rings. The predicted molar refractivity (Wildman–Crippen MR) is 132 cm³/mol. The maximum atomic E-state index is 13.5. The van der Waals surface area contributed by atoms with Crippen molar-refractivity contribution < 1.29 is 24.2 Å². The summed E-state index contributed by atoms with van der Waals surface area (Å²) in [5.41, 5.74) is 1.65. The number of carbonyl (C=O) groups is 2. The zero-order valence-corrected chi connectivity index (χ0v) is 20.9. The summed E-state index contributed by atoms with van der Waals surface area (Å²) in [5.74, 6) is 6.72. The summed E-state index contributed by atoms with van der Waals surface area (Å²) in [6, 6.07) is 8.65. The molecule has 0 spiro atoms. The van der Waals surface area contributed by atoms with Crippen molar-refractivity contribution in [2.75, 3.05) is 33.9 Å². The number of aromatic nitrogens is 1. The van der Waals surface area contributed by atoms with Crippen LogP contribution in [0.3, 0.4) is 0 Å². The van der Waals surface area contributed by atoms with Gasteiger partial charge in [0.2, 0.25) is 11.8 Å². The van der Waals surface area contributed by atoms with Crippen LogP contribution in [0.15, 0.2) is 36.5 Å². The molecule has 8 nitrogen and oxygen atoms in total. The number of aliphatic hydroxyl groups excluding tert-OH is 1. The summed E-state index contributed by atoms with van der Waals surface area (Å²) in [4.78, 5) is 33.4. The lowest BCUT2D eigenvalue weighted by atomic mass is 9.99. The third-order valence-electron chi connectivity index (χ3n) is 6.14. The van der Waals surface area contributed by atoms with Crippen LogP contribution in [-0.2, 0) is 4.79 Å². The fourth-order valence-corrected chi connectivity index (χ4v) is 3.85. The quantitative estimate of drug-likeness (QED) is 0.641. The van der Waals surface area contributed by atoms with Crippen molar-refractivity contribution in [2.45, 2.75) is 39.3 Å². The molecule has 0 radical (unpaired) electrons. The van der Waals surface area contributed by atoms with Crippen molar-refractivity contribution in [2.24, 2.45) is 5.92 Å². The average Bonchev–Trinajstić information content (AvgIpc) is 2.88. The number of pyridine rings is 1. The van der Waals surface area contributed by atoms with E-state index in [0.717, 1.165) is 11.3 Å². The van der Waals surface area contributed by atoms with Gasteiger partial charge in [0.05, 0.1) is 26.3 Å². The molecule has 2 amide bonds. The number of rotatable bonds is 6. The minimum absolute atomic E-state index is 0.0110. The first-order valence-electron chi connectivity index (χ1n) is 11.8. The van der Waals surface area contributed by atoms with Gasteiger partial charge in [-0.15, -0.1) is 0 Å². The maximum Gasteiger partial charge on any atom is 0.259 e. The number of nitrogens with zero attached hydrogens (tertiary/aromatic N) is 3. The van der Waals surface area contributed by atoms with Gasteiger partial charge in [0, 0.05) is 43.3 Å². The molecular weight excluding hydrogens is 446 g/mol. The van der Waals surface area contributed by atoms with Gasteiger partial charge in [-0.25, -0.2) is 4.98 Å². The number of amides is 2. The van der Waals surface area contributed by atoms with E-state index in [2.05, 4.69) is 16.8 Å². The number of benzene rings is 1.